The number of hydrogen-bond acceptors (Lipinski definition) is 2. The Morgan fingerprint density at radius 2 is 1.56 bits per heavy atom. The zero-order chi connectivity index (χ0) is 19.9. The maximum Gasteiger partial charge on any atom is 0.494 e. The van der Waals surface area contributed by atoms with Gasteiger partial charge in [0.1, 0.15) is 8.07 Å². The van der Waals surface area contributed by atoms with E-state index in [1.54, 1.807) is 0 Å². The molecule has 4 heteroatoms. The zero-order valence-corrected chi connectivity index (χ0v) is 19.2. The molecular weight excluding hydrogens is 347 g/mol. The Bertz CT molecular complexity index is 731. The van der Waals surface area contributed by atoms with Crippen LogP contribution in [0, 0.1) is 0 Å². The van der Waals surface area contributed by atoms with E-state index in [1.807, 2.05) is 0 Å². The molecule has 2 aliphatic rings. The van der Waals surface area contributed by atoms with Crippen LogP contribution < -0.4 is 5.19 Å². The van der Waals surface area contributed by atoms with Crippen molar-refractivity contribution in [2.45, 2.75) is 84.6 Å². The van der Waals surface area contributed by atoms with Crippen LogP contribution in [0.2, 0.25) is 13.1 Å². The molecule has 0 atom stereocenters. The van der Waals surface area contributed by atoms with Gasteiger partial charge < -0.3 is 9.31 Å². The lowest BCUT2D eigenvalue weighted by Gasteiger charge is -2.32. The summed E-state index contributed by atoms with van der Waals surface area (Å²) in [7, 11) is -2.08. The standard InChI is InChI=1S/C23H35BO2Si/c1-18(27(6,7)20-16-12-9-13-17-20)21(19-14-10-8-11-15-19)24-25-22(2,3)23(4,5)26-24/h9,12-14,16-17H,8,10-11,15H2,1-7H3/b21-18+. The second-order valence-electron chi connectivity index (χ2n) is 9.59. The van der Waals surface area contributed by atoms with E-state index in [9.17, 15) is 0 Å². The van der Waals surface area contributed by atoms with Gasteiger partial charge in [0.15, 0.2) is 0 Å². The zero-order valence-electron chi connectivity index (χ0n) is 18.2. The maximum atomic E-state index is 6.53. The van der Waals surface area contributed by atoms with Crippen molar-refractivity contribution >= 4 is 20.4 Å². The van der Waals surface area contributed by atoms with Crippen LogP contribution in [0.15, 0.2) is 52.6 Å². The van der Waals surface area contributed by atoms with Crippen LogP contribution >= 0.6 is 0 Å². The molecule has 1 fully saturated rings. The van der Waals surface area contributed by atoms with Gasteiger partial charge in [0, 0.05) is 0 Å². The molecule has 0 aromatic heterocycles. The van der Waals surface area contributed by atoms with Crippen LogP contribution in [0.25, 0.3) is 0 Å². The molecule has 1 aromatic rings. The molecule has 146 valence electrons. The van der Waals surface area contributed by atoms with Crippen LogP contribution in [-0.2, 0) is 9.31 Å². The molecule has 1 aliphatic carbocycles. The highest BCUT2D eigenvalue weighted by Gasteiger charge is 2.53. The van der Waals surface area contributed by atoms with Crippen LogP contribution in [0.1, 0.15) is 60.3 Å². The lowest BCUT2D eigenvalue weighted by molar-refractivity contribution is 0.00578. The van der Waals surface area contributed by atoms with E-state index in [4.69, 9.17) is 9.31 Å². The third-order valence-electron chi connectivity index (χ3n) is 6.96. The van der Waals surface area contributed by atoms with Crippen molar-refractivity contribution in [2.24, 2.45) is 0 Å². The molecule has 3 rings (SSSR count). The van der Waals surface area contributed by atoms with Crippen LogP contribution in [0.4, 0.5) is 0 Å². The minimum absolute atomic E-state index is 0.269. The predicted octanol–water partition coefficient (Wildman–Crippen LogP) is 5.59. The topological polar surface area (TPSA) is 18.5 Å². The fourth-order valence-corrected chi connectivity index (χ4v) is 6.43. The Morgan fingerprint density at radius 3 is 2.07 bits per heavy atom. The van der Waals surface area contributed by atoms with E-state index in [-0.39, 0.29) is 18.3 Å². The molecule has 1 heterocycles. The summed E-state index contributed by atoms with van der Waals surface area (Å²) in [6.07, 6.45) is 7.28. The van der Waals surface area contributed by atoms with Crippen LogP contribution in [-0.4, -0.2) is 26.4 Å². The van der Waals surface area contributed by atoms with Crippen molar-refractivity contribution in [1.29, 1.82) is 0 Å². The van der Waals surface area contributed by atoms with Crippen molar-refractivity contribution in [2.75, 3.05) is 0 Å². The minimum atomic E-state index is -1.81. The van der Waals surface area contributed by atoms with Gasteiger partial charge in [-0.25, -0.2) is 0 Å². The van der Waals surface area contributed by atoms with E-state index in [0.717, 1.165) is 6.42 Å². The van der Waals surface area contributed by atoms with Crippen molar-refractivity contribution in [3.8, 4) is 0 Å². The fraction of sp³-hybridized carbons (Fsp3) is 0.565. The molecule has 0 radical (unpaired) electrons. The van der Waals surface area contributed by atoms with Gasteiger partial charge in [0.05, 0.1) is 11.2 Å². The molecule has 0 bridgehead atoms. The van der Waals surface area contributed by atoms with E-state index < -0.39 is 8.07 Å². The van der Waals surface area contributed by atoms with Crippen LogP contribution in [0.5, 0.6) is 0 Å². The third kappa shape index (κ3) is 3.90. The number of benzene rings is 1. The molecule has 1 saturated heterocycles. The summed E-state index contributed by atoms with van der Waals surface area (Å²) in [5, 5.41) is 2.95. The summed E-state index contributed by atoms with van der Waals surface area (Å²) >= 11 is 0. The molecule has 1 aliphatic heterocycles. The molecule has 0 spiro atoms. The van der Waals surface area contributed by atoms with Crippen molar-refractivity contribution in [3.63, 3.8) is 0 Å². The number of allylic oxidation sites excluding steroid dienone is 4. The summed E-state index contributed by atoms with van der Waals surface area (Å²) < 4.78 is 13.1. The molecule has 27 heavy (non-hydrogen) atoms. The van der Waals surface area contributed by atoms with E-state index in [1.165, 1.54) is 40.7 Å². The van der Waals surface area contributed by atoms with Gasteiger partial charge in [0.25, 0.3) is 0 Å². The smallest absolute Gasteiger partial charge is 0.399 e. The highest BCUT2D eigenvalue weighted by molar-refractivity contribution is 6.96. The van der Waals surface area contributed by atoms with Gasteiger partial charge >= 0.3 is 7.12 Å². The summed E-state index contributed by atoms with van der Waals surface area (Å²) in [5.41, 5.74) is 2.16. The summed E-state index contributed by atoms with van der Waals surface area (Å²) in [5.74, 6) is 0. The van der Waals surface area contributed by atoms with E-state index in [0.29, 0.717) is 0 Å². The first-order chi connectivity index (χ1) is 12.6. The molecule has 0 N–H and O–H groups in total. The van der Waals surface area contributed by atoms with Crippen LogP contribution in [0.3, 0.4) is 0 Å². The summed E-state index contributed by atoms with van der Waals surface area (Å²) in [6, 6.07) is 11.0. The second kappa shape index (κ2) is 7.38. The fourth-order valence-electron chi connectivity index (χ4n) is 4.02. The first-order valence-electron chi connectivity index (χ1n) is 10.4. The Kier molecular flexibility index (Phi) is 5.64. The Labute approximate surface area is 167 Å². The van der Waals surface area contributed by atoms with Crippen molar-refractivity contribution < 1.29 is 9.31 Å². The Balaban J connectivity index is 2.10. The molecule has 0 amide bonds. The Hall–Kier alpha value is -1.10. The van der Waals surface area contributed by atoms with Gasteiger partial charge in [-0.1, -0.05) is 65.5 Å². The molecule has 2 nitrogen and oxygen atoms in total. The predicted molar refractivity (Wildman–Crippen MR) is 119 cm³/mol. The SMILES string of the molecule is C/C(=C(\B1OC(C)(C)C(C)(C)O1)C1=CCCCC1)[Si](C)(C)c1ccccc1. The summed E-state index contributed by atoms with van der Waals surface area (Å²) in [4.78, 5) is 0. The molecule has 0 saturated carbocycles. The average Bonchev–Trinajstić information content (AvgIpc) is 2.84. The lowest BCUT2D eigenvalue weighted by Crippen LogP contribution is -2.45. The van der Waals surface area contributed by atoms with Gasteiger partial charge in [-0.3, -0.25) is 0 Å². The normalized spacial score (nSPS) is 23.1. The van der Waals surface area contributed by atoms with Crippen molar-refractivity contribution in [1.82, 2.24) is 0 Å². The molecule has 1 aromatic carbocycles. The minimum Gasteiger partial charge on any atom is -0.399 e. The first kappa shape index (κ1) is 20.6. The average molecular weight is 382 g/mol. The highest BCUT2D eigenvalue weighted by Crippen LogP contribution is 2.42. The highest BCUT2D eigenvalue weighted by atomic mass is 28.3. The summed E-state index contributed by atoms with van der Waals surface area (Å²) in [6.45, 7) is 15.8. The van der Waals surface area contributed by atoms with E-state index >= 15 is 0 Å². The molecule has 0 unspecified atom stereocenters. The third-order valence-corrected chi connectivity index (χ3v) is 10.9. The largest absolute Gasteiger partial charge is 0.494 e. The lowest BCUT2D eigenvalue weighted by atomic mass is 9.71. The number of hydrogen-bond donors (Lipinski definition) is 0. The monoisotopic (exact) mass is 382 g/mol. The maximum absolute atomic E-state index is 6.53. The quantitative estimate of drug-likeness (QED) is 0.632. The first-order valence-corrected chi connectivity index (χ1v) is 13.4. The van der Waals surface area contributed by atoms with Gasteiger partial charge in [-0.2, -0.15) is 0 Å². The van der Waals surface area contributed by atoms with Gasteiger partial charge in [0.2, 0.25) is 0 Å². The van der Waals surface area contributed by atoms with E-state index in [2.05, 4.69) is 84.1 Å². The molecular formula is C23H35BO2Si. The van der Waals surface area contributed by atoms with Gasteiger partial charge in [-0.05, 0) is 65.8 Å². The van der Waals surface area contributed by atoms with Gasteiger partial charge in [-0.15, -0.1) is 0 Å². The van der Waals surface area contributed by atoms with Crippen molar-refractivity contribution in [3.05, 3.63) is 52.6 Å². The second-order valence-corrected chi connectivity index (χ2v) is 14.2. The number of rotatable bonds is 4. The Morgan fingerprint density at radius 1 is 0.963 bits per heavy atom.